The Balaban J connectivity index is 1.30. The first-order valence-corrected chi connectivity index (χ1v) is 14.8. The first-order valence-electron chi connectivity index (χ1n) is 13.3. The van der Waals surface area contributed by atoms with Crippen LogP contribution in [0.1, 0.15) is 41.6 Å². The number of carbonyl (C=O) groups excluding carboxylic acids is 1. The van der Waals surface area contributed by atoms with E-state index in [4.69, 9.17) is 9.84 Å². The van der Waals surface area contributed by atoms with Gasteiger partial charge in [0.1, 0.15) is 5.75 Å². The molecule has 3 N–H and O–H groups in total. The van der Waals surface area contributed by atoms with Gasteiger partial charge in [-0.15, -0.1) is 0 Å². The van der Waals surface area contributed by atoms with Crippen molar-refractivity contribution < 1.29 is 31.8 Å². The summed E-state index contributed by atoms with van der Waals surface area (Å²) in [7, 11) is -3.87. The number of amides is 1. The number of halogens is 2. The molecule has 6 rings (SSSR count). The fourth-order valence-electron chi connectivity index (χ4n) is 5.77. The number of fused-ring (bicyclic) bond motifs is 1. The number of hydrogen-bond acceptors (Lipinski definition) is 7. The topological polar surface area (TPSA) is 111 Å². The normalized spacial score (nSPS) is 20.8. The molecule has 1 aliphatic carbocycles. The van der Waals surface area contributed by atoms with Crippen LogP contribution in [0, 0.1) is 5.41 Å². The summed E-state index contributed by atoms with van der Waals surface area (Å²) >= 11 is 0. The first kappa shape index (κ1) is 26.3. The number of aliphatic hydroxyl groups excluding tert-OH is 1. The Labute approximate surface area is 226 Å². The Morgan fingerprint density at radius 2 is 1.77 bits per heavy atom. The minimum atomic E-state index is -3.87. The highest BCUT2D eigenvalue weighted by Gasteiger charge is 2.46. The van der Waals surface area contributed by atoms with E-state index in [0.717, 1.165) is 31.5 Å². The summed E-state index contributed by atoms with van der Waals surface area (Å²) in [4.78, 5) is 17.2. The third-order valence-electron chi connectivity index (χ3n) is 8.26. The Kier molecular flexibility index (Phi) is 6.47. The maximum Gasteiger partial charge on any atom is 0.282 e. The van der Waals surface area contributed by atoms with Gasteiger partial charge < -0.3 is 25.0 Å². The van der Waals surface area contributed by atoms with Crippen LogP contribution in [-0.4, -0.2) is 71.3 Å². The van der Waals surface area contributed by atoms with E-state index < -0.39 is 34.9 Å². The molecule has 9 nitrogen and oxygen atoms in total. The number of ether oxygens (including phenoxy) is 1. The van der Waals surface area contributed by atoms with Gasteiger partial charge in [0.25, 0.3) is 11.8 Å². The smallest absolute Gasteiger partial charge is 0.282 e. The highest BCUT2D eigenvalue weighted by atomic mass is 32.2. The van der Waals surface area contributed by atoms with Crippen molar-refractivity contribution >= 4 is 33.0 Å². The van der Waals surface area contributed by atoms with Crippen molar-refractivity contribution in [1.29, 1.82) is 0 Å². The Hall–Kier alpha value is -2.96. The molecule has 0 bridgehead atoms. The van der Waals surface area contributed by atoms with Gasteiger partial charge in [0.15, 0.2) is 0 Å². The van der Waals surface area contributed by atoms with Crippen LogP contribution in [0.3, 0.4) is 0 Å². The summed E-state index contributed by atoms with van der Waals surface area (Å²) in [5, 5.41) is 12.0. The van der Waals surface area contributed by atoms with Gasteiger partial charge >= 0.3 is 0 Å². The van der Waals surface area contributed by atoms with E-state index >= 15 is 0 Å². The van der Waals surface area contributed by atoms with Crippen molar-refractivity contribution in [2.24, 2.45) is 5.41 Å². The standard InChI is InChI=1S/C27H32F2N4O5S/c28-27(29)16-33(17-27)23-14-19(13-18-3-12-38-24(18)23)31-25(35)21-2-1-20(39(36,37)30-8-11-34)15-22(21)32-9-6-26(4-5-26)7-10-32/h1-2,13-15,30,34H,3-12,16-17H2,(H,31,35). The number of alkyl halides is 2. The molecule has 1 spiro atoms. The zero-order chi connectivity index (χ0) is 27.4. The van der Waals surface area contributed by atoms with Crippen LogP contribution < -0.4 is 24.6 Å². The minimum Gasteiger partial charge on any atom is -0.491 e. The molecule has 2 saturated heterocycles. The highest BCUT2D eigenvalue weighted by molar-refractivity contribution is 7.89. The van der Waals surface area contributed by atoms with Crippen LogP contribution in [0.15, 0.2) is 35.2 Å². The number of nitrogens with one attached hydrogen (secondary N) is 2. The molecule has 0 radical (unpaired) electrons. The molecule has 4 aliphatic rings. The molecule has 12 heteroatoms. The third-order valence-corrected chi connectivity index (χ3v) is 9.72. The lowest BCUT2D eigenvalue weighted by atomic mass is 9.93. The largest absolute Gasteiger partial charge is 0.491 e. The number of carbonyl (C=O) groups is 1. The number of nitrogens with zero attached hydrogens (tertiary/aromatic N) is 2. The fourth-order valence-corrected chi connectivity index (χ4v) is 6.81. The lowest BCUT2D eigenvalue weighted by Crippen LogP contribution is -2.56. The summed E-state index contributed by atoms with van der Waals surface area (Å²) in [6, 6.07) is 7.87. The van der Waals surface area contributed by atoms with E-state index in [9.17, 15) is 22.0 Å². The lowest BCUT2D eigenvalue weighted by Gasteiger charge is -2.41. The molecule has 2 aromatic carbocycles. The summed E-state index contributed by atoms with van der Waals surface area (Å²) in [5.41, 5.74) is 3.10. The Morgan fingerprint density at radius 3 is 2.44 bits per heavy atom. The van der Waals surface area contributed by atoms with Gasteiger partial charge in [0, 0.05) is 37.3 Å². The monoisotopic (exact) mass is 562 g/mol. The number of hydrogen-bond donors (Lipinski definition) is 3. The average molecular weight is 563 g/mol. The van der Waals surface area contributed by atoms with Crippen molar-refractivity contribution in [3.05, 3.63) is 41.5 Å². The van der Waals surface area contributed by atoms with Gasteiger partial charge in [-0.25, -0.2) is 21.9 Å². The van der Waals surface area contributed by atoms with E-state index in [1.165, 1.54) is 31.0 Å². The lowest BCUT2D eigenvalue weighted by molar-refractivity contribution is -0.0264. The van der Waals surface area contributed by atoms with Gasteiger partial charge in [0.05, 0.1) is 48.1 Å². The fraction of sp³-hybridized carbons (Fsp3) is 0.519. The molecule has 1 amide bonds. The molecular formula is C27H32F2N4O5S. The number of rotatable bonds is 8. The van der Waals surface area contributed by atoms with E-state index in [1.54, 1.807) is 17.0 Å². The van der Waals surface area contributed by atoms with E-state index in [1.807, 2.05) is 0 Å². The number of anilines is 3. The molecule has 39 heavy (non-hydrogen) atoms. The first-order chi connectivity index (χ1) is 18.6. The second kappa shape index (κ2) is 9.60. The zero-order valence-corrected chi connectivity index (χ0v) is 22.3. The van der Waals surface area contributed by atoms with Gasteiger partial charge in [-0.1, -0.05) is 0 Å². The average Bonchev–Trinajstić information content (AvgIpc) is 3.47. The molecule has 3 aliphatic heterocycles. The van der Waals surface area contributed by atoms with Crippen LogP contribution in [-0.2, 0) is 16.4 Å². The third kappa shape index (κ3) is 5.17. The summed E-state index contributed by atoms with van der Waals surface area (Å²) < 4.78 is 60.8. The number of benzene rings is 2. The second-order valence-electron chi connectivity index (χ2n) is 11.0. The molecule has 0 atom stereocenters. The molecular weight excluding hydrogens is 530 g/mol. The molecule has 210 valence electrons. The van der Waals surface area contributed by atoms with Crippen LogP contribution in [0.25, 0.3) is 0 Å². The van der Waals surface area contributed by atoms with Crippen molar-refractivity contribution in [1.82, 2.24) is 4.72 Å². The Morgan fingerprint density at radius 1 is 1.03 bits per heavy atom. The maximum atomic E-state index is 13.6. The van der Waals surface area contributed by atoms with Gasteiger partial charge in [-0.3, -0.25) is 4.79 Å². The maximum absolute atomic E-state index is 13.6. The SMILES string of the molecule is O=C(Nc1cc2c(c(N3CC(F)(F)C3)c1)OCC2)c1ccc(S(=O)(=O)NCCO)cc1N1CCC2(CC1)CC2. The molecule has 0 aromatic heterocycles. The van der Waals surface area contributed by atoms with Crippen LogP contribution in [0.5, 0.6) is 5.75 Å². The van der Waals surface area contributed by atoms with Gasteiger partial charge in [-0.2, -0.15) is 0 Å². The van der Waals surface area contributed by atoms with E-state index in [0.29, 0.717) is 46.8 Å². The van der Waals surface area contributed by atoms with Crippen molar-refractivity contribution in [2.45, 2.75) is 42.9 Å². The molecule has 3 fully saturated rings. The van der Waals surface area contributed by atoms with Crippen molar-refractivity contribution in [2.75, 3.05) is 61.1 Å². The predicted molar refractivity (Wildman–Crippen MR) is 143 cm³/mol. The number of sulfonamides is 1. The van der Waals surface area contributed by atoms with Crippen LogP contribution in [0.4, 0.5) is 25.8 Å². The second-order valence-corrected chi connectivity index (χ2v) is 12.8. The predicted octanol–water partition coefficient (Wildman–Crippen LogP) is 2.98. The molecule has 0 unspecified atom stereocenters. The Bertz CT molecular complexity index is 1400. The van der Waals surface area contributed by atoms with E-state index in [-0.39, 0.29) is 18.0 Å². The summed E-state index contributed by atoms with van der Waals surface area (Å²) in [6.45, 7) is 0.644. The van der Waals surface area contributed by atoms with Crippen LogP contribution in [0.2, 0.25) is 0 Å². The highest BCUT2D eigenvalue weighted by Crippen LogP contribution is 2.54. The van der Waals surface area contributed by atoms with E-state index in [2.05, 4.69) is 14.9 Å². The van der Waals surface area contributed by atoms with Crippen molar-refractivity contribution in [3.63, 3.8) is 0 Å². The molecule has 1 saturated carbocycles. The van der Waals surface area contributed by atoms with Gasteiger partial charge in [-0.05, 0) is 61.4 Å². The number of piperidine rings is 1. The summed E-state index contributed by atoms with van der Waals surface area (Å²) in [6.07, 6.45) is 5.01. The summed E-state index contributed by atoms with van der Waals surface area (Å²) in [5.74, 6) is -2.58. The molecule has 2 aromatic rings. The molecule has 3 heterocycles. The number of aliphatic hydroxyl groups is 1. The quantitative estimate of drug-likeness (QED) is 0.454. The van der Waals surface area contributed by atoms with Crippen molar-refractivity contribution in [3.8, 4) is 5.75 Å². The van der Waals surface area contributed by atoms with Gasteiger partial charge in [0.2, 0.25) is 10.0 Å². The minimum absolute atomic E-state index is 0.0184. The zero-order valence-electron chi connectivity index (χ0n) is 21.5. The van der Waals surface area contributed by atoms with Crippen LogP contribution >= 0.6 is 0 Å².